The molecule has 1 rings (SSSR count). The highest BCUT2D eigenvalue weighted by molar-refractivity contribution is 5.75. The molecule has 0 atom stereocenters. The average Bonchev–Trinajstić information content (AvgIpc) is 2.32. The molecule has 0 aromatic heterocycles. The first kappa shape index (κ1) is 15.2. The highest BCUT2D eigenvalue weighted by Gasteiger charge is 2.08. The number of likely N-dealkylation sites (N-methyl/N-ethyl adjacent to an activating group) is 1. The standard InChI is InChI=1S/C14H17FN2O2/c1-17(10-14(16)19)9-12-6-5-11(8-13(12)15)4-2-3-7-18/h5-6,8,18H,3,7,9-10H2,1H3,(H2,16,19). The van der Waals surface area contributed by atoms with Crippen molar-refractivity contribution in [2.24, 2.45) is 5.73 Å². The van der Waals surface area contributed by atoms with Crippen LogP contribution in [0.1, 0.15) is 17.5 Å². The van der Waals surface area contributed by atoms with Gasteiger partial charge in [-0.05, 0) is 19.2 Å². The number of carbonyl (C=O) groups is 1. The molecule has 0 fully saturated rings. The Labute approximate surface area is 112 Å². The minimum Gasteiger partial charge on any atom is -0.395 e. The Morgan fingerprint density at radius 3 is 2.84 bits per heavy atom. The molecule has 1 aromatic rings. The molecule has 0 aliphatic heterocycles. The summed E-state index contributed by atoms with van der Waals surface area (Å²) in [7, 11) is 1.69. The summed E-state index contributed by atoms with van der Waals surface area (Å²) in [5, 5.41) is 8.59. The monoisotopic (exact) mass is 264 g/mol. The summed E-state index contributed by atoms with van der Waals surface area (Å²) in [5.41, 5.74) is 6.11. The summed E-state index contributed by atoms with van der Waals surface area (Å²) >= 11 is 0. The third kappa shape index (κ3) is 5.51. The number of hydrogen-bond donors (Lipinski definition) is 2. The smallest absolute Gasteiger partial charge is 0.231 e. The fourth-order valence-electron chi connectivity index (χ4n) is 1.59. The number of aliphatic hydroxyl groups excluding tert-OH is 1. The van der Waals surface area contributed by atoms with Crippen molar-refractivity contribution in [3.05, 3.63) is 35.1 Å². The minimum atomic E-state index is -0.450. The zero-order chi connectivity index (χ0) is 14.3. The van der Waals surface area contributed by atoms with Gasteiger partial charge in [0.2, 0.25) is 5.91 Å². The Kier molecular flexibility index (Phi) is 6.00. The van der Waals surface area contributed by atoms with E-state index in [-0.39, 0.29) is 19.0 Å². The number of aliphatic hydroxyl groups is 1. The Balaban J connectivity index is 2.72. The first-order valence-corrected chi connectivity index (χ1v) is 5.88. The largest absolute Gasteiger partial charge is 0.395 e. The molecular formula is C14H17FN2O2. The molecule has 0 saturated heterocycles. The molecule has 5 heteroatoms. The van der Waals surface area contributed by atoms with Gasteiger partial charge in [-0.3, -0.25) is 9.69 Å². The molecule has 0 saturated carbocycles. The SMILES string of the molecule is CN(CC(N)=O)Cc1ccc(C#CCCO)cc1F. The van der Waals surface area contributed by atoms with Crippen LogP contribution in [0.25, 0.3) is 0 Å². The minimum absolute atomic E-state index is 0.00845. The molecule has 0 unspecified atom stereocenters. The summed E-state index contributed by atoms with van der Waals surface area (Å²) in [6.45, 7) is 0.377. The maximum Gasteiger partial charge on any atom is 0.231 e. The van der Waals surface area contributed by atoms with Crippen LogP contribution in [0.3, 0.4) is 0 Å². The summed E-state index contributed by atoms with van der Waals surface area (Å²) in [5.74, 6) is 4.67. The molecule has 4 nitrogen and oxygen atoms in total. The molecule has 0 radical (unpaired) electrons. The molecule has 19 heavy (non-hydrogen) atoms. The van der Waals surface area contributed by atoms with Gasteiger partial charge in [-0.15, -0.1) is 0 Å². The second kappa shape index (κ2) is 7.52. The van der Waals surface area contributed by atoms with Crippen molar-refractivity contribution in [2.75, 3.05) is 20.2 Å². The number of amides is 1. The molecule has 102 valence electrons. The fraction of sp³-hybridized carbons (Fsp3) is 0.357. The zero-order valence-electron chi connectivity index (χ0n) is 10.8. The van der Waals surface area contributed by atoms with E-state index in [1.165, 1.54) is 6.07 Å². The quantitative estimate of drug-likeness (QED) is 0.760. The van der Waals surface area contributed by atoms with Crippen molar-refractivity contribution >= 4 is 5.91 Å². The van der Waals surface area contributed by atoms with Gasteiger partial charge in [0.05, 0.1) is 13.2 Å². The summed E-state index contributed by atoms with van der Waals surface area (Å²) in [4.78, 5) is 12.4. The van der Waals surface area contributed by atoms with Gasteiger partial charge >= 0.3 is 0 Å². The Morgan fingerprint density at radius 2 is 2.26 bits per heavy atom. The van der Waals surface area contributed by atoms with E-state index in [1.54, 1.807) is 24.1 Å². The number of nitrogens with zero attached hydrogens (tertiary/aromatic N) is 1. The third-order valence-electron chi connectivity index (χ3n) is 2.39. The van der Waals surface area contributed by atoms with Crippen LogP contribution in [0, 0.1) is 17.7 Å². The number of hydrogen-bond acceptors (Lipinski definition) is 3. The zero-order valence-corrected chi connectivity index (χ0v) is 10.8. The van der Waals surface area contributed by atoms with E-state index in [1.807, 2.05) is 0 Å². The Morgan fingerprint density at radius 1 is 1.53 bits per heavy atom. The van der Waals surface area contributed by atoms with E-state index in [2.05, 4.69) is 11.8 Å². The van der Waals surface area contributed by atoms with Crippen LogP contribution in [0.15, 0.2) is 18.2 Å². The van der Waals surface area contributed by atoms with Crippen molar-refractivity contribution in [2.45, 2.75) is 13.0 Å². The van der Waals surface area contributed by atoms with Crippen LogP contribution in [-0.2, 0) is 11.3 Å². The maximum absolute atomic E-state index is 13.8. The molecule has 0 aliphatic carbocycles. The first-order valence-electron chi connectivity index (χ1n) is 5.88. The molecule has 1 aromatic carbocycles. The summed E-state index contributed by atoms with van der Waals surface area (Å²) in [6.07, 6.45) is 0.366. The number of carbonyl (C=O) groups excluding carboxylic acids is 1. The molecule has 0 aliphatic rings. The summed E-state index contributed by atoms with van der Waals surface area (Å²) < 4.78 is 13.8. The van der Waals surface area contributed by atoms with E-state index in [9.17, 15) is 9.18 Å². The van der Waals surface area contributed by atoms with E-state index < -0.39 is 5.91 Å². The van der Waals surface area contributed by atoms with Crippen molar-refractivity contribution in [1.29, 1.82) is 0 Å². The predicted molar refractivity (Wildman–Crippen MR) is 70.5 cm³/mol. The van der Waals surface area contributed by atoms with Crippen molar-refractivity contribution in [3.63, 3.8) is 0 Å². The normalized spacial score (nSPS) is 10.1. The average molecular weight is 264 g/mol. The number of rotatable bonds is 5. The number of primary amides is 1. The van der Waals surface area contributed by atoms with Crippen LogP contribution in [-0.4, -0.2) is 36.1 Å². The Hall–Kier alpha value is -1.90. The highest BCUT2D eigenvalue weighted by Crippen LogP contribution is 2.11. The van der Waals surface area contributed by atoms with E-state index in [0.717, 1.165) is 0 Å². The van der Waals surface area contributed by atoms with Crippen LogP contribution in [0.4, 0.5) is 4.39 Å². The second-order valence-electron chi connectivity index (χ2n) is 4.22. The van der Waals surface area contributed by atoms with Gasteiger partial charge in [0.15, 0.2) is 0 Å². The number of benzene rings is 1. The topological polar surface area (TPSA) is 66.6 Å². The van der Waals surface area contributed by atoms with Crippen LogP contribution >= 0.6 is 0 Å². The molecule has 0 heterocycles. The first-order chi connectivity index (χ1) is 9.02. The lowest BCUT2D eigenvalue weighted by atomic mass is 10.1. The lowest BCUT2D eigenvalue weighted by Gasteiger charge is -2.14. The fourth-order valence-corrected chi connectivity index (χ4v) is 1.59. The van der Waals surface area contributed by atoms with Gasteiger partial charge in [0, 0.05) is 24.1 Å². The van der Waals surface area contributed by atoms with Gasteiger partial charge in [-0.2, -0.15) is 0 Å². The summed E-state index contributed by atoms with van der Waals surface area (Å²) in [6, 6.07) is 4.69. The molecule has 3 N–H and O–H groups in total. The van der Waals surface area contributed by atoms with Crippen molar-refractivity contribution < 1.29 is 14.3 Å². The van der Waals surface area contributed by atoms with E-state index in [4.69, 9.17) is 10.8 Å². The van der Waals surface area contributed by atoms with Crippen LogP contribution in [0.5, 0.6) is 0 Å². The van der Waals surface area contributed by atoms with Crippen molar-refractivity contribution in [1.82, 2.24) is 4.90 Å². The lowest BCUT2D eigenvalue weighted by molar-refractivity contribution is -0.118. The van der Waals surface area contributed by atoms with Gasteiger partial charge in [0.25, 0.3) is 0 Å². The number of halogens is 1. The van der Waals surface area contributed by atoms with Crippen LogP contribution < -0.4 is 5.73 Å². The lowest BCUT2D eigenvalue weighted by Crippen LogP contribution is -2.30. The molecule has 0 spiro atoms. The van der Waals surface area contributed by atoms with Gasteiger partial charge in [-0.25, -0.2) is 4.39 Å². The second-order valence-corrected chi connectivity index (χ2v) is 4.22. The van der Waals surface area contributed by atoms with Gasteiger partial charge in [0.1, 0.15) is 5.82 Å². The van der Waals surface area contributed by atoms with Crippen LogP contribution in [0.2, 0.25) is 0 Å². The molecule has 1 amide bonds. The van der Waals surface area contributed by atoms with E-state index in [0.29, 0.717) is 24.1 Å². The highest BCUT2D eigenvalue weighted by atomic mass is 19.1. The number of nitrogens with two attached hydrogens (primary N) is 1. The van der Waals surface area contributed by atoms with Gasteiger partial charge < -0.3 is 10.8 Å². The van der Waals surface area contributed by atoms with Gasteiger partial charge in [-0.1, -0.05) is 17.9 Å². The molecular weight excluding hydrogens is 247 g/mol. The predicted octanol–water partition coefficient (Wildman–Crippen LogP) is 0.477. The third-order valence-corrected chi connectivity index (χ3v) is 2.39. The molecule has 0 bridgehead atoms. The Bertz CT molecular complexity index is 506. The maximum atomic E-state index is 13.8. The van der Waals surface area contributed by atoms with Crippen molar-refractivity contribution in [3.8, 4) is 11.8 Å². The van der Waals surface area contributed by atoms with E-state index >= 15 is 0 Å².